The molecule has 0 radical (unpaired) electrons. The largest absolute Gasteiger partial charge is 0.355 e. The van der Waals surface area contributed by atoms with E-state index >= 15 is 0 Å². The minimum Gasteiger partial charge on any atom is -0.355 e. The molecule has 0 unspecified atom stereocenters. The molecule has 1 saturated heterocycles. The van der Waals surface area contributed by atoms with E-state index in [1.54, 1.807) is 0 Å². The molecule has 86 valence electrons. The van der Waals surface area contributed by atoms with Crippen molar-refractivity contribution in [3.63, 3.8) is 0 Å². The van der Waals surface area contributed by atoms with Gasteiger partial charge in [0.15, 0.2) is 0 Å². The van der Waals surface area contributed by atoms with Crippen LogP contribution < -0.4 is 5.32 Å². The molecule has 5 heteroatoms. The summed E-state index contributed by atoms with van der Waals surface area (Å²) < 4.78 is 26.5. The van der Waals surface area contributed by atoms with Gasteiger partial charge in [-0.1, -0.05) is 0 Å². The van der Waals surface area contributed by atoms with Crippen LogP contribution in [0.25, 0.3) is 0 Å². The van der Waals surface area contributed by atoms with Gasteiger partial charge in [-0.05, 0) is 18.2 Å². The van der Waals surface area contributed by atoms with Crippen molar-refractivity contribution >= 4 is 17.7 Å². The van der Waals surface area contributed by atoms with E-state index < -0.39 is 11.6 Å². The first-order valence-corrected chi connectivity index (χ1v) is 6.05. The molecule has 1 N–H and O–H groups in total. The highest BCUT2D eigenvalue weighted by Gasteiger charge is 2.22. The van der Waals surface area contributed by atoms with Crippen molar-refractivity contribution in [2.75, 3.05) is 12.3 Å². The van der Waals surface area contributed by atoms with E-state index in [0.717, 1.165) is 12.1 Å². The van der Waals surface area contributed by atoms with Crippen LogP contribution in [-0.2, 0) is 4.79 Å². The summed E-state index contributed by atoms with van der Waals surface area (Å²) in [5.41, 5.74) is 0.280. The Balaban J connectivity index is 2.27. The van der Waals surface area contributed by atoms with Crippen LogP contribution in [0, 0.1) is 11.6 Å². The molecule has 0 saturated carbocycles. The van der Waals surface area contributed by atoms with Crippen LogP contribution in [0.1, 0.15) is 17.2 Å². The SMILES string of the molecule is O=C1C[C@@H](c2cc(F)ccc2F)SCCN1. The molecule has 0 spiro atoms. The minimum atomic E-state index is -0.471. The monoisotopic (exact) mass is 243 g/mol. The van der Waals surface area contributed by atoms with Gasteiger partial charge in [0.25, 0.3) is 0 Å². The van der Waals surface area contributed by atoms with Crippen molar-refractivity contribution in [3.05, 3.63) is 35.4 Å². The first-order valence-electron chi connectivity index (χ1n) is 5.00. The van der Waals surface area contributed by atoms with Crippen LogP contribution in [0.4, 0.5) is 8.78 Å². The number of hydrogen-bond acceptors (Lipinski definition) is 2. The van der Waals surface area contributed by atoms with Gasteiger partial charge in [0.05, 0.1) is 0 Å². The smallest absolute Gasteiger partial charge is 0.221 e. The number of nitrogens with one attached hydrogen (secondary N) is 1. The molecule has 0 aromatic heterocycles. The summed E-state index contributed by atoms with van der Waals surface area (Å²) in [6.07, 6.45) is 0.199. The summed E-state index contributed by atoms with van der Waals surface area (Å²) in [4.78, 5) is 11.3. The molecule has 1 aromatic rings. The lowest BCUT2D eigenvalue weighted by atomic mass is 10.1. The molecule has 1 aliphatic heterocycles. The zero-order valence-electron chi connectivity index (χ0n) is 8.50. The number of thioether (sulfide) groups is 1. The third-order valence-corrected chi connectivity index (χ3v) is 3.68. The predicted molar refractivity (Wildman–Crippen MR) is 59.2 cm³/mol. The van der Waals surface area contributed by atoms with E-state index in [-0.39, 0.29) is 23.1 Å². The Morgan fingerprint density at radius 3 is 3.00 bits per heavy atom. The number of hydrogen-bond donors (Lipinski definition) is 1. The topological polar surface area (TPSA) is 29.1 Å². The molecule has 1 fully saturated rings. The normalized spacial score (nSPS) is 21.4. The Labute approximate surface area is 96.4 Å². The van der Waals surface area contributed by atoms with Gasteiger partial charge in [-0.3, -0.25) is 4.79 Å². The van der Waals surface area contributed by atoms with Gasteiger partial charge in [-0.2, -0.15) is 11.8 Å². The lowest BCUT2D eigenvalue weighted by Crippen LogP contribution is -2.23. The number of halogens is 2. The first-order chi connectivity index (χ1) is 7.66. The van der Waals surface area contributed by atoms with E-state index in [4.69, 9.17) is 0 Å². The molecule has 1 atom stereocenters. The fourth-order valence-electron chi connectivity index (χ4n) is 1.65. The standard InChI is InChI=1S/C11H11F2NOS/c12-7-1-2-9(13)8(5-7)10-6-11(15)14-3-4-16-10/h1-2,5,10H,3-4,6H2,(H,14,15)/t10-/m0/s1. The van der Waals surface area contributed by atoms with Crippen molar-refractivity contribution in [1.29, 1.82) is 0 Å². The van der Waals surface area contributed by atoms with E-state index in [1.807, 2.05) is 0 Å². The Bertz CT molecular complexity index is 411. The molecule has 0 aliphatic carbocycles. The maximum Gasteiger partial charge on any atom is 0.221 e. The minimum absolute atomic E-state index is 0.112. The van der Waals surface area contributed by atoms with Crippen LogP contribution in [-0.4, -0.2) is 18.2 Å². The average Bonchev–Trinajstić information content (AvgIpc) is 2.46. The highest BCUT2D eigenvalue weighted by Crippen LogP contribution is 2.34. The lowest BCUT2D eigenvalue weighted by Gasteiger charge is -2.13. The summed E-state index contributed by atoms with van der Waals surface area (Å²) in [6.45, 7) is 0.580. The van der Waals surface area contributed by atoms with Gasteiger partial charge in [0, 0.05) is 29.5 Å². The van der Waals surface area contributed by atoms with Crippen molar-refractivity contribution in [1.82, 2.24) is 5.32 Å². The number of rotatable bonds is 1. The quantitative estimate of drug-likeness (QED) is 0.819. The first kappa shape index (κ1) is 11.4. The Morgan fingerprint density at radius 1 is 1.38 bits per heavy atom. The van der Waals surface area contributed by atoms with Gasteiger partial charge in [-0.15, -0.1) is 0 Å². The Morgan fingerprint density at radius 2 is 2.19 bits per heavy atom. The third kappa shape index (κ3) is 2.52. The van der Waals surface area contributed by atoms with Gasteiger partial charge >= 0.3 is 0 Å². The van der Waals surface area contributed by atoms with Crippen LogP contribution in [0.5, 0.6) is 0 Å². The summed E-state index contributed by atoms with van der Waals surface area (Å²) in [5, 5.41) is 2.41. The van der Waals surface area contributed by atoms with E-state index in [9.17, 15) is 13.6 Å². The molecule has 1 aliphatic rings. The van der Waals surface area contributed by atoms with Crippen molar-refractivity contribution in [2.24, 2.45) is 0 Å². The van der Waals surface area contributed by atoms with Gasteiger partial charge in [0.1, 0.15) is 11.6 Å². The second kappa shape index (κ2) is 4.82. The summed E-state index contributed by atoms with van der Waals surface area (Å²) in [7, 11) is 0. The van der Waals surface area contributed by atoms with Gasteiger partial charge in [0.2, 0.25) is 5.91 Å². The maximum atomic E-state index is 13.5. The van der Waals surface area contributed by atoms with Crippen molar-refractivity contribution in [2.45, 2.75) is 11.7 Å². The Hall–Kier alpha value is -1.10. The van der Waals surface area contributed by atoms with Crippen LogP contribution in [0.2, 0.25) is 0 Å². The lowest BCUT2D eigenvalue weighted by molar-refractivity contribution is -0.120. The van der Waals surface area contributed by atoms with Gasteiger partial charge < -0.3 is 5.32 Å². The van der Waals surface area contributed by atoms with Crippen molar-refractivity contribution < 1.29 is 13.6 Å². The molecule has 2 nitrogen and oxygen atoms in total. The molecule has 1 heterocycles. The number of amides is 1. The second-order valence-corrected chi connectivity index (χ2v) is 4.89. The molecule has 2 rings (SSSR count). The number of benzene rings is 1. The van der Waals surface area contributed by atoms with Crippen molar-refractivity contribution in [3.8, 4) is 0 Å². The van der Waals surface area contributed by atoms with Crippen LogP contribution >= 0.6 is 11.8 Å². The second-order valence-electron chi connectivity index (χ2n) is 3.58. The highest BCUT2D eigenvalue weighted by atomic mass is 32.2. The molecule has 0 bridgehead atoms. The summed E-state index contributed by atoms with van der Waals surface area (Å²) in [6, 6.07) is 3.36. The van der Waals surface area contributed by atoms with Crippen LogP contribution in [0.3, 0.4) is 0 Å². The van der Waals surface area contributed by atoms with E-state index in [1.165, 1.54) is 17.8 Å². The molecule has 16 heavy (non-hydrogen) atoms. The van der Waals surface area contributed by atoms with Gasteiger partial charge in [-0.25, -0.2) is 8.78 Å². The highest BCUT2D eigenvalue weighted by molar-refractivity contribution is 7.99. The number of carbonyl (C=O) groups excluding carboxylic acids is 1. The average molecular weight is 243 g/mol. The zero-order valence-corrected chi connectivity index (χ0v) is 9.32. The van der Waals surface area contributed by atoms with E-state index in [0.29, 0.717) is 12.3 Å². The fraction of sp³-hybridized carbons (Fsp3) is 0.364. The fourth-order valence-corrected chi connectivity index (χ4v) is 2.79. The molecule has 1 amide bonds. The molecular formula is C11H11F2NOS. The zero-order chi connectivity index (χ0) is 11.5. The van der Waals surface area contributed by atoms with E-state index in [2.05, 4.69) is 5.32 Å². The Kier molecular flexibility index (Phi) is 3.43. The maximum absolute atomic E-state index is 13.5. The molecule has 1 aromatic carbocycles. The summed E-state index contributed by atoms with van der Waals surface area (Å²) >= 11 is 1.47. The predicted octanol–water partition coefficient (Wildman–Crippen LogP) is 2.26. The third-order valence-electron chi connectivity index (χ3n) is 2.42. The molecular weight excluding hydrogens is 232 g/mol. The number of carbonyl (C=O) groups is 1. The van der Waals surface area contributed by atoms with Crippen LogP contribution in [0.15, 0.2) is 18.2 Å². The summed E-state index contributed by atoms with van der Waals surface area (Å²) in [5.74, 6) is -0.319.